The van der Waals surface area contributed by atoms with Gasteiger partial charge in [-0.05, 0) is 92.3 Å². The summed E-state index contributed by atoms with van der Waals surface area (Å²) >= 11 is 6.55. The van der Waals surface area contributed by atoms with Crippen molar-refractivity contribution in [1.82, 2.24) is 10.4 Å². The molecule has 4 saturated carbocycles. The number of nitrogens with one attached hydrogen (secondary N) is 1. The molecule has 2 amide bonds. The minimum Gasteiger partial charge on any atom is -0.504 e. The van der Waals surface area contributed by atoms with Crippen LogP contribution >= 0.6 is 24.0 Å². The van der Waals surface area contributed by atoms with Gasteiger partial charge in [-0.3, -0.25) is 15.0 Å². The Labute approximate surface area is 185 Å². The monoisotopic (exact) mass is 444 g/mol. The number of nitrogens with zero attached hydrogens (tertiary/aromatic N) is 1. The van der Waals surface area contributed by atoms with Crippen LogP contribution in [0.1, 0.15) is 44.1 Å². The van der Waals surface area contributed by atoms with Crippen LogP contribution in [0.25, 0.3) is 6.08 Å². The van der Waals surface area contributed by atoms with E-state index in [-0.39, 0.29) is 23.0 Å². The van der Waals surface area contributed by atoms with Crippen molar-refractivity contribution < 1.29 is 19.4 Å². The van der Waals surface area contributed by atoms with Crippen LogP contribution < -0.4 is 10.2 Å². The van der Waals surface area contributed by atoms with Gasteiger partial charge in [-0.25, -0.2) is 0 Å². The van der Waals surface area contributed by atoms with Crippen LogP contribution in [0, 0.1) is 23.2 Å². The zero-order chi connectivity index (χ0) is 21.0. The lowest BCUT2D eigenvalue weighted by molar-refractivity contribution is -0.152. The van der Waals surface area contributed by atoms with Crippen LogP contribution in [0.3, 0.4) is 0 Å². The third-order valence-electron chi connectivity index (χ3n) is 7.03. The van der Waals surface area contributed by atoms with Crippen molar-refractivity contribution in [3.05, 3.63) is 28.7 Å². The zero-order valence-corrected chi connectivity index (χ0v) is 18.4. The fourth-order valence-corrected chi connectivity index (χ4v) is 7.29. The number of benzene rings is 1. The Balaban J connectivity index is 1.33. The minimum atomic E-state index is -0.341. The number of hydrogen-bond acceptors (Lipinski definition) is 6. The molecule has 30 heavy (non-hydrogen) atoms. The lowest BCUT2D eigenvalue weighted by Crippen LogP contribution is -2.57. The van der Waals surface area contributed by atoms with Gasteiger partial charge in [0.15, 0.2) is 15.8 Å². The van der Waals surface area contributed by atoms with Crippen LogP contribution in [0.5, 0.6) is 11.5 Å². The van der Waals surface area contributed by atoms with Crippen molar-refractivity contribution in [2.24, 2.45) is 23.2 Å². The smallest absolute Gasteiger partial charge is 0.285 e. The number of carbonyl (C=O) groups is 2. The van der Waals surface area contributed by atoms with E-state index in [1.807, 2.05) is 0 Å². The molecule has 1 saturated heterocycles. The van der Waals surface area contributed by atoms with Crippen molar-refractivity contribution in [2.45, 2.75) is 38.5 Å². The van der Waals surface area contributed by atoms with Gasteiger partial charge in [0, 0.05) is 0 Å². The van der Waals surface area contributed by atoms with Crippen LogP contribution in [-0.4, -0.2) is 33.4 Å². The molecule has 1 aliphatic heterocycles. The van der Waals surface area contributed by atoms with Gasteiger partial charge in [0.05, 0.1) is 17.4 Å². The van der Waals surface area contributed by atoms with Gasteiger partial charge < -0.3 is 9.84 Å². The van der Waals surface area contributed by atoms with E-state index >= 15 is 0 Å². The number of amides is 2. The molecule has 2 N–H and O–H groups in total. The van der Waals surface area contributed by atoms with Crippen LogP contribution in [0.15, 0.2) is 23.1 Å². The average molecular weight is 445 g/mol. The van der Waals surface area contributed by atoms with Crippen molar-refractivity contribution in [3.8, 4) is 11.5 Å². The normalized spacial score (nSPS) is 33.4. The molecule has 8 heteroatoms. The Morgan fingerprint density at radius 3 is 2.50 bits per heavy atom. The van der Waals surface area contributed by atoms with Crippen LogP contribution in [0.4, 0.5) is 0 Å². The number of rotatable bonds is 4. The molecule has 4 aliphatic carbocycles. The van der Waals surface area contributed by atoms with E-state index in [1.165, 1.54) is 37.4 Å². The number of phenols is 1. The molecule has 4 bridgehead atoms. The van der Waals surface area contributed by atoms with E-state index in [2.05, 4.69) is 5.43 Å². The molecule has 0 atom stereocenters. The number of thioether (sulfide) groups is 1. The predicted molar refractivity (Wildman–Crippen MR) is 118 cm³/mol. The summed E-state index contributed by atoms with van der Waals surface area (Å²) in [5, 5.41) is 11.0. The Kier molecular flexibility index (Phi) is 4.82. The molecule has 0 spiro atoms. The highest BCUT2D eigenvalue weighted by Crippen LogP contribution is 2.60. The molecular weight excluding hydrogens is 420 g/mol. The van der Waals surface area contributed by atoms with Gasteiger partial charge in [0.1, 0.15) is 0 Å². The second kappa shape index (κ2) is 7.27. The summed E-state index contributed by atoms with van der Waals surface area (Å²) in [7, 11) is 1.47. The first-order valence-corrected chi connectivity index (χ1v) is 11.6. The van der Waals surface area contributed by atoms with E-state index in [9.17, 15) is 14.7 Å². The molecule has 1 heterocycles. The Morgan fingerprint density at radius 1 is 1.27 bits per heavy atom. The SMILES string of the molecule is COc1cc(/C=C2/SC(=S)N(NC(=O)C34CC5CC(CC(C5)C3)C4)C2=O)ccc1O. The quantitative estimate of drug-likeness (QED) is 0.543. The number of ether oxygens (including phenoxy) is 1. The molecule has 6 rings (SSSR count). The Hall–Kier alpha value is -2.06. The largest absolute Gasteiger partial charge is 0.504 e. The third-order valence-corrected chi connectivity index (χ3v) is 8.33. The van der Waals surface area contributed by atoms with Gasteiger partial charge in [-0.2, -0.15) is 5.01 Å². The maximum absolute atomic E-state index is 13.3. The summed E-state index contributed by atoms with van der Waals surface area (Å²) in [4.78, 5) is 26.7. The fourth-order valence-electron chi connectivity index (χ4n) is 6.11. The van der Waals surface area contributed by atoms with Gasteiger partial charge in [-0.1, -0.05) is 17.8 Å². The predicted octanol–water partition coefficient (Wildman–Crippen LogP) is 3.85. The average Bonchev–Trinajstić information content (AvgIpc) is 2.95. The first-order valence-electron chi connectivity index (χ1n) is 10.3. The number of carbonyl (C=O) groups excluding carboxylic acids is 2. The summed E-state index contributed by atoms with van der Waals surface area (Å²) in [5.41, 5.74) is 3.23. The number of hydrogen-bond donors (Lipinski definition) is 2. The topological polar surface area (TPSA) is 78.9 Å². The fraction of sp³-hybridized carbons (Fsp3) is 0.500. The van der Waals surface area contributed by atoms with Gasteiger partial charge in [0.2, 0.25) is 5.91 Å². The molecule has 6 nitrogen and oxygen atoms in total. The van der Waals surface area contributed by atoms with Gasteiger partial charge in [-0.15, -0.1) is 0 Å². The van der Waals surface area contributed by atoms with Crippen molar-refractivity contribution >= 4 is 46.2 Å². The number of phenolic OH excluding ortho intramolecular Hbond substituents is 1. The lowest BCUT2D eigenvalue weighted by atomic mass is 9.49. The highest BCUT2D eigenvalue weighted by Gasteiger charge is 2.55. The summed E-state index contributed by atoms with van der Waals surface area (Å²) in [6, 6.07) is 4.86. The Bertz CT molecular complexity index is 939. The van der Waals surface area contributed by atoms with E-state index in [0.717, 1.165) is 31.0 Å². The molecule has 0 aromatic heterocycles. The number of aromatic hydroxyl groups is 1. The summed E-state index contributed by atoms with van der Waals surface area (Å²) < 4.78 is 5.45. The molecule has 1 aromatic rings. The van der Waals surface area contributed by atoms with Crippen molar-refractivity contribution in [1.29, 1.82) is 0 Å². The van der Waals surface area contributed by atoms with Crippen LogP contribution in [0.2, 0.25) is 0 Å². The lowest BCUT2D eigenvalue weighted by Gasteiger charge is -2.55. The molecule has 5 aliphatic rings. The van der Waals surface area contributed by atoms with E-state index in [4.69, 9.17) is 17.0 Å². The van der Waals surface area contributed by atoms with Gasteiger partial charge in [0.25, 0.3) is 5.91 Å². The summed E-state index contributed by atoms with van der Waals surface area (Å²) in [6.07, 6.45) is 8.26. The highest BCUT2D eigenvalue weighted by molar-refractivity contribution is 8.26. The molecular formula is C22H24N2O4S2. The molecule has 1 aromatic carbocycles. The first-order chi connectivity index (χ1) is 14.4. The molecule has 0 radical (unpaired) electrons. The van der Waals surface area contributed by atoms with Crippen molar-refractivity contribution in [2.75, 3.05) is 7.11 Å². The van der Waals surface area contributed by atoms with E-state index in [1.54, 1.807) is 18.2 Å². The minimum absolute atomic E-state index is 0.0324. The van der Waals surface area contributed by atoms with Crippen molar-refractivity contribution in [3.63, 3.8) is 0 Å². The van der Waals surface area contributed by atoms with E-state index in [0.29, 0.717) is 38.3 Å². The Morgan fingerprint density at radius 2 is 1.90 bits per heavy atom. The second-order valence-electron chi connectivity index (χ2n) is 9.09. The molecule has 158 valence electrons. The maximum Gasteiger partial charge on any atom is 0.285 e. The molecule has 5 fully saturated rings. The number of methoxy groups -OCH3 is 1. The number of hydrazine groups is 1. The van der Waals surface area contributed by atoms with Crippen LogP contribution in [-0.2, 0) is 9.59 Å². The zero-order valence-electron chi connectivity index (χ0n) is 16.7. The first kappa shape index (κ1) is 19.9. The standard InChI is InChI=1S/C22H24N2O4S2/c1-28-17-7-12(2-3-16(17)25)8-18-19(26)24(21(29)30-18)23-20(27)22-9-13-4-14(10-22)6-15(5-13)11-22/h2-3,7-8,13-15,25H,4-6,9-11H2,1H3,(H,23,27)/b18-8+. The number of thiocarbonyl (C=S) groups is 1. The third kappa shape index (κ3) is 3.30. The summed E-state index contributed by atoms with van der Waals surface area (Å²) in [6.45, 7) is 0. The second-order valence-corrected chi connectivity index (χ2v) is 10.8. The summed E-state index contributed by atoms with van der Waals surface area (Å²) in [5.74, 6) is 1.94. The van der Waals surface area contributed by atoms with E-state index < -0.39 is 0 Å². The highest BCUT2D eigenvalue weighted by atomic mass is 32.2. The molecule has 0 unspecified atom stereocenters. The maximum atomic E-state index is 13.3. The van der Waals surface area contributed by atoms with Gasteiger partial charge >= 0.3 is 0 Å².